The summed E-state index contributed by atoms with van der Waals surface area (Å²) in [4.78, 5) is 12.4. The van der Waals surface area contributed by atoms with Gasteiger partial charge in [0.2, 0.25) is 0 Å². The van der Waals surface area contributed by atoms with Crippen LogP contribution in [0.1, 0.15) is 6.92 Å². The van der Waals surface area contributed by atoms with Crippen molar-refractivity contribution in [3.05, 3.63) is 78.9 Å². The molecule has 0 spiro atoms. The number of hydrazone groups is 1. The molecule has 0 saturated carbocycles. The molecule has 1 amide bonds. The fourth-order valence-corrected chi connectivity index (χ4v) is 3.66. The molecule has 1 atom stereocenters. The average molecular weight is 450 g/mol. The highest BCUT2D eigenvalue weighted by atomic mass is 32.2. The second-order valence-electron chi connectivity index (χ2n) is 6.87. The van der Waals surface area contributed by atoms with Crippen molar-refractivity contribution in [1.29, 1.82) is 0 Å². The molecule has 0 bridgehead atoms. The Morgan fingerprint density at radius 2 is 1.66 bits per heavy atom. The van der Waals surface area contributed by atoms with Crippen LogP contribution < -0.4 is 9.75 Å². The van der Waals surface area contributed by atoms with E-state index in [9.17, 15) is 17.8 Å². The minimum absolute atomic E-state index is 0.0879. The van der Waals surface area contributed by atoms with Crippen molar-refractivity contribution in [2.75, 3.05) is 5.01 Å². The van der Waals surface area contributed by atoms with E-state index in [1.165, 1.54) is 12.1 Å². The Morgan fingerprint density at radius 1 is 1.00 bits per heavy atom. The number of amides is 1. The van der Waals surface area contributed by atoms with Crippen LogP contribution in [0.2, 0.25) is 0 Å². The molecule has 1 aliphatic heterocycles. The van der Waals surface area contributed by atoms with Crippen LogP contribution in [-0.4, -0.2) is 30.6 Å². The fourth-order valence-electron chi connectivity index (χ4n) is 3.02. The molecule has 0 radical (unpaired) electrons. The molecule has 1 aliphatic rings. The van der Waals surface area contributed by atoms with E-state index in [1.54, 1.807) is 61.5 Å². The number of nitrogens with zero attached hydrogens (tertiary/aromatic N) is 4. The largest absolute Gasteiger partial charge is 0.456 e. The Morgan fingerprint density at radius 3 is 2.31 bits per heavy atom. The van der Waals surface area contributed by atoms with Gasteiger partial charge >= 0.3 is 0 Å². The first-order chi connectivity index (χ1) is 15.3. The lowest BCUT2D eigenvalue weighted by atomic mass is 10.2. The van der Waals surface area contributed by atoms with Crippen LogP contribution in [0.3, 0.4) is 0 Å². The van der Waals surface area contributed by atoms with Gasteiger partial charge in [-0.05, 0) is 49.4 Å². The summed E-state index contributed by atoms with van der Waals surface area (Å²) in [6.45, 7) is 1.63. The molecule has 162 valence electrons. The molecule has 0 unspecified atom stereocenters. The number of rotatable bonds is 6. The predicted molar refractivity (Wildman–Crippen MR) is 118 cm³/mol. The van der Waals surface area contributed by atoms with Crippen LogP contribution in [0.4, 0.5) is 11.4 Å². The second kappa shape index (κ2) is 8.69. The minimum atomic E-state index is -4.65. The molecule has 0 aliphatic carbocycles. The number of hydrogen-bond donors (Lipinski definition) is 1. The van der Waals surface area contributed by atoms with Crippen molar-refractivity contribution in [1.82, 2.24) is 0 Å². The number of carbonyl (C=O) groups excluding carboxylic acids is 1. The second-order valence-corrected chi connectivity index (χ2v) is 8.26. The highest BCUT2D eigenvalue weighted by Gasteiger charge is 2.35. The predicted octanol–water partition coefficient (Wildman–Crippen LogP) is 4.60. The summed E-state index contributed by atoms with van der Waals surface area (Å²) < 4.78 is 39.3. The van der Waals surface area contributed by atoms with Crippen molar-refractivity contribution in [3.8, 4) is 11.5 Å². The Bertz CT molecular complexity index is 1310. The summed E-state index contributed by atoms with van der Waals surface area (Å²) in [7, 11) is -4.65. The third kappa shape index (κ3) is 4.56. The molecule has 10 heteroatoms. The van der Waals surface area contributed by atoms with Crippen molar-refractivity contribution in [3.63, 3.8) is 0 Å². The highest BCUT2D eigenvalue weighted by Crippen LogP contribution is 2.34. The van der Waals surface area contributed by atoms with Gasteiger partial charge in [-0.1, -0.05) is 36.4 Å². The molecule has 4 rings (SSSR count). The summed E-state index contributed by atoms with van der Waals surface area (Å²) in [5.74, 6) is -0.201. The molecule has 32 heavy (non-hydrogen) atoms. The zero-order valence-corrected chi connectivity index (χ0v) is 17.7. The quantitative estimate of drug-likeness (QED) is 0.434. The Kier molecular flexibility index (Phi) is 5.80. The standard InChI is InChI=1S/C22H18N4O5S/c1-15-21(24-23-16-8-4-2-5-9-16)22(27)26(25-15)17-12-13-19(20(14-17)32(28,29)30)31-18-10-6-3-7-11-18/h2-14,21H,1H3,(H,28,29,30)/t21-/m0/s1. The van der Waals surface area contributed by atoms with Crippen LogP contribution in [-0.2, 0) is 14.9 Å². The smallest absolute Gasteiger partial charge is 0.298 e. The highest BCUT2D eigenvalue weighted by molar-refractivity contribution is 7.86. The van der Waals surface area contributed by atoms with Gasteiger partial charge in [-0.2, -0.15) is 28.8 Å². The summed E-state index contributed by atoms with van der Waals surface area (Å²) in [6, 6.07) is 20.4. The van der Waals surface area contributed by atoms with E-state index < -0.39 is 27.0 Å². The maximum absolute atomic E-state index is 12.9. The normalized spacial score (nSPS) is 16.4. The van der Waals surface area contributed by atoms with E-state index in [-0.39, 0.29) is 11.4 Å². The van der Waals surface area contributed by atoms with Gasteiger partial charge in [-0.15, -0.1) is 0 Å². The first-order valence-corrected chi connectivity index (χ1v) is 11.0. The topological polar surface area (TPSA) is 121 Å². The van der Waals surface area contributed by atoms with Gasteiger partial charge in [-0.25, -0.2) is 0 Å². The Labute approximate surface area is 184 Å². The summed E-state index contributed by atoms with van der Waals surface area (Å²) in [6.07, 6.45) is 0. The molecule has 1 heterocycles. The lowest BCUT2D eigenvalue weighted by Crippen LogP contribution is -2.29. The van der Waals surface area contributed by atoms with E-state index in [0.29, 0.717) is 17.1 Å². The van der Waals surface area contributed by atoms with Gasteiger partial charge in [0.25, 0.3) is 16.0 Å². The van der Waals surface area contributed by atoms with E-state index in [0.717, 1.165) is 11.1 Å². The molecule has 9 nitrogen and oxygen atoms in total. The minimum Gasteiger partial charge on any atom is -0.456 e. The Balaban J connectivity index is 1.63. The van der Waals surface area contributed by atoms with Crippen LogP contribution in [0.5, 0.6) is 11.5 Å². The van der Waals surface area contributed by atoms with Gasteiger partial charge < -0.3 is 4.74 Å². The first-order valence-electron chi connectivity index (χ1n) is 9.52. The third-order valence-corrected chi connectivity index (χ3v) is 5.44. The summed E-state index contributed by atoms with van der Waals surface area (Å²) in [5, 5.41) is 13.4. The SMILES string of the molecule is CC1=NN(c2ccc(Oc3ccccc3)c(S(=O)(=O)O)c2)C(=O)[C@H]1N=Nc1ccccc1. The molecule has 0 aromatic heterocycles. The monoisotopic (exact) mass is 450 g/mol. The van der Waals surface area contributed by atoms with Gasteiger partial charge in [0.15, 0.2) is 6.04 Å². The van der Waals surface area contributed by atoms with E-state index in [1.807, 2.05) is 6.07 Å². The maximum Gasteiger partial charge on any atom is 0.298 e. The zero-order valence-electron chi connectivity index (χ0n) is 16.9. The maximum atomic E-state index is 12.9. The number of azo groups is 1. The van der Waals surface area contributed by atoms with Crippen LogP contribution in [0, 0.1) is 0 Å². The number of para-hydroxylation sites is 1. The molecule has 0 saturated heterocycles. The number of hydrogen-bond acceptors (Lipinski definition) is 7. The number of carbonyl (C=O) groups is 1. The summed E-state index contributed by atoms with van der Waals surface area (Å²) in [5.41, 5.74) is 1.12. The molecular weight excluding hydrogens is 432 g/mol. The third-order valence-electron chi connectivity index (χ3n) is 4.56. The van der Waals surface area contributed by atoms with Gasteiger partial charge in [0.05, 0.1) is 17.1 Å². The van der Waals surface area contributed by atoms with Crippen molar-refractivity contribution < 1.29 is 22.5 Å². The van der Waals surface area contributed by atoms with Crippen molar-refractivity contribution in [2.45, 2.75) is 17.9 Å². The van der Waals surface area contributed by atoms with E-state index >= 15 is 0 Å². The Hall–Kier alpha value is -3.89. The molecular formula is C22H18N4O5S. The van der Waals surface area contributed by atoms with Crippen LogP contribution in [0.15, 0.2) is 99.1 Å². The lowest BCUT2D eigenvalue weighted by molar-refractivity contribution is -0.117. The van der Waals surface area contributed by atoms with Crippen LogP contribution in [0.25, 0.3) is 0 Å². The van der Waals surface area contributed by atoms with E-state index in [4.69, 9.17) is 4.74 Å². The zero-order chi connectivity index (χ0) is 22.7. The molecule has 1 N–H and O–H groups in total. The van der Waals surface area contributed by atoms with E-state index in [2.05, 4.69) is 15.3 Å². The molecule has 0 fully saturated rings. The number of benzene rings is 3. The van der Waals surface area contributed by atoms with Gasteiger partial charge in [0, 0.05) is 0 Å². The fraction of sp³-hybridized carbons (Fsp3) is 0.0909. The first kappa shape index (κ1) is 21.3. The summed E-state index contributed by atoms with van der Waals surface area (Å²) >= 11 is 0. The molecule has 3 aromatic rings. The van der Waals surface area contributed by atoms with Crippen molar-refractivity contribution >= 4 is 33.1 Å². The van der Waals surface area contributed by atoms with Gasteiger partial charge in [0.1, 0.15) is 16.4 Å². The number of ether oxygens (including phenoxy) is 1. The number of anilines is 1. The van der Waals surface area contributed by atoms with Crippen molar-refractivity contribution in [2.24, 2.45) is 15.3 Å². The average Bonchev–Trinajstić information content (AvgIpc) is 3.06. The molecule has 3 aromatic carbocycles. The van der Waals surface area contributed by atoms with Gasteiger partial charge in [-0.3, -0.25) is 9.35 Å². The lowest BCUT2D eigenvalue weighted by Gasteiger charge is -2.15. The van der Waals surface area contributed by atoms with Crippen LogP contribution >= 0.6 is 0 Å².